The molecule has 2 aromatic rings. The number of rotatable bonds is 4. The first kappa shape index (κ1) is 15.0. The average molecular weight is 287 g/mol. The summed E-state index contributed by atoms with van der Waals surface area (Å²) in [4.78, 5) is 12.1. The van der Waals surface area contributed by atoms with Crippen molar-refractivity contribution in [2.75, 3.05) is 5.32 Å². The summed E-state index contributed by atoms with van der Waals surface area (Å²) < 4.78 is 19.2. The quantitative estimate of drug-likeness (QED) is 0.927. The second-order valence-electron chi connectivity index (χ2n) is 5.00. The SMILES string of the molecule is Cc1ccc(C)c(O[C@@H](C)C(=O)Nc2ccccc2F)c1. The molecule has 2 aromatic carbocycles. The molecule has 0 heterocycles. The van der Waals surface area contributed by atoms with Crippen LogP contribution in [-0.2, 0) is 4.79 Å². The van der Waals surface area contributed by atoms with Gasteiger partial charge in [0.25, 0.3) is 5.91 Å². The van der Waals surface area contributed by atoms with Gasteiger partial charge < -0.3 is 10.1 Å². The zero-order chi connectivity index (χ0) is 15.4. The molecule has 0 saturated carbocycles. The Balaban J connectivity index is 2.06. The summed E-state index contributed by atoms with van der Waals surface area (Å²) in [5, 5.41) is 2.53. The molecule has 0 unspecified atom stereocenters. The lowest BCUT2D eigenvalue weighted by atomic mass is 10.1. The number of anilines is 1. The number of nitrogens with one attached hydrogen (secondary N) is 1. The Morgan fingerprint density at radius 3 is 2.62 bits per heavy atom. The first-order chi connectivity index (χ1) is 9.97. The Morgan fingerprint density at radius 2 is 1.90 bits per heavy atom. The zero-order valence-electron chi connectivity index (χ0n) is 12.3. The van der Waals surface area contributed by atoms with E-state index in [1.807, 2.05) is 32.0 Å². The van der Waals surface area contributed by atoms with E-state index < -0.39 is 11.9 Å². The molecular weight excluding hydrogens is 269 g/mol. The minimum Gasteiger partial charge on any atom is -0.481 e. The molecule has 0 bridgehead atoms. The van der Waals surface area contributed by atoms with Crippen LogP contribution in [0.3, 0.4) is 0 Å². The van der Waals surface area contributed by atoms with Gasteiger partial charge in [-0.3, -0.25) is 4.79 Å². The third-order valence-corrected chi connectivity index (χ3v) is 3.15. The highest BCUT2D eigenvalue weighted by Gasteiger charge is 2.17. The summed E-state index contributed by atoms with van der Waals surface area (Å²) in [6, 6.07) is 11.8. The van der Waals surface area contributed by atoms with Crippen molar-refractivity contribution in [3.63, 3.8) is 0 Å². The number of amides is 1. The molecule has 3 nitrogen and oxygen atoms in total. The molecular formula is C17H18FNO2. The van der Waals surface area contributed by atoms with Gasteiger partial charge in [-0.2, -0.15) is 0 Å². The smallest absolute Gasteiger partial charge is 0.265 e. The zero-order valence-corrected chi connectivity index (χ0v) is 12.3. The van der Waals surface area contributed by atoms with Crippen molar-refractivity contribution in [1.29, 1.82) is 0 Å². The van der Waals surface area contributed by atoms with Crippen molar-refractivity contribution in [1.82, 2.24) is 0 Å². The summed E-state index contributed by atoms with van der Waals surface area (Å²) in [5.41, 5.74) is 2.15. The van der Waals surface area contributed by atoms with Crippen LogP contribution in [0.1, 0.15) is 18.1 Å². The van der Waals surface area contributed by atoms with E-state index in [0.717, 1.165) is 11.1 Å². The maximum Gasteiger partial charge on any atom is 0.265 e. The predicted molar refractivity (Wildman–Crippen MR) is 81.0 cm³/mol. The van der Waals surface area contributed by atoms with E-state index in [-0.39, 0.29) is 11.6 Å². The Bertz CT molecular complexity index is 655. The van der Waals surface area contributed by atoms with E-state index in [1.165, 1.54) is 12.1 Å². The molecule has 1 atom stereocenters. The fourth-order valence-electron chi connectivity index (χ4n) is 1.88. The van der Waals surface area contributed by atoms with Gasteiger partial charge in [0.2, 0.25) is 0 Å². The molecule has 0 aliphatic heterocycles. The highest BCUT2D eigenvalue weighted by molar-refractivity contribution is 5.94. The van der Waals surface area contributed by atoms with Crippen molar-refractivity contribution in [3.05, 3.63) is 59.4 Å². The van der Waals surface area contributed by atoms with Gasteiger partial charge in [-0.1, -0.05) is 24.3 Å². The standard InChI is InChI=1S/C17H18FNO2/c1-11-8-9-12(2)16(10-11)21-13(3)17(20)19-15-7-5-4-6-14(15)18/h4-10,13H,1-3H3,(H,19,20)/t13-/m0/s1. The summed E-state index contributed by atoms with van der Waals surface area (Å²) in [6.45, 7) is 5.50. The molecule has 0 fully saturated rings. The van der Waals surface area contributed by atoms with Crippen molar-refractivity contribution < 1.29 is 13.9 Å². The molecule has 21 heavy (non-hydrogen) atoms. The van der Waals surface area contributed by atoms with Crippen molar-refractivity contribution in [3.8, 4) is 5.75 Å². The molecule has 1 N–H and O–H groups in total. The highest BCUT2D eigenvalue weighted by Crippen LogP contribution is 2.21. The van der Waals surface area contributed by atoms with Crippen molar-refractivity contribution in [2.45, 2.75) is 26.9 Å². The van der Waals surface area contributed by atoms with Crippen LogP contribution >= 0.6 is 0 Å². The van der Waals surface area contributed by atoms with Gasteiger partial charge in [-0.25, -0.2) is 4.39 Å². The molecule has 0 radical (unpaired) electrons. The van der Waals surface area contributed by atoms with Gasteiger partial charge in [0.05, 0.1) is 5.69 Å². The van der Waals surface area contributed by atoms with Crippen molar-refractivity contribution >= 4 is 11.6 Å². The fourth-order valence-corrected chi connectivity index (χ4v) is 1.88. The number of halogens is 1. The number of ether oxygens (including phenoxy) is 1. The number of hydrogen-bond acceptors (Lipinski definition) is 2. The predicted octanol–water partition coefficient (Wildman–Crippen LogP) is 3.85. The Morgan fingerprint density at radius 1 is 1.19 bits per heavy atom. The van der Waals surface area contributed by atoms with Gasteiger partial charge in [0, 0.05) is 0 Å². The molecule has 0 spiro atoms. The summed E-state index contributed by atoms with van der Waals surface area (Å²) >= 11 is 0. The first-order valence-corrected chi connectivity index (χ1v) is 6.76. The molecule has 2 rings (SSSR count). The Labute approximate surface area is 123 Å². The summed E-state index contributed by atoms with van der Waals surface area (Å²) in [7, 11) is 0. The molecule has 0 saturated heterocycles. The van der Waals surface area contributed by atoms with Crippen LogP contribution in [0, 0.1) is 19.7 Å². The third-order valence-electron chi connectivity index (χ3n) is 3.15. The Kier molecular flexibility index (Phi) is 4.58. The number of carbonyl (C=O) groups excluding carboxylic acids is 1. The van der Waals surface area contributed by atoms with Crippen LogP contribution in [0.2, 0.25) is 0 Å². The minimum absolute atomic E-state index is 0.152. The van der Waals surface area contributed by atoms with Crippen LogP contribution in [0.5, 0.6) is 5.75 Å². The number of hydrogen-bond donors (Lipinski definition) is 1. The molecule has 1 amide bonds. The maximum absolute atomic E-state index is 13.5. The monoisotopic (exact) mass is 287 g/mol. The molecule has 0 aliphatic rings. The number of benzene rings is 2. The number of para-hydroxylation sites is 1. The van der Waals surface area contributed by atoms with Gasteiger partial charge in [0.15, 0.2) is 6.10 Å². The largest absolute Gasteiger partial charge is 0.481 e. The van der Waals surface area contributed by atoms with E-state index in [2.05, 4.69) is 5.32 Å². The van der Waals surface area contributed by atoms with Gasteiger partial charge in [-0.05, 0) is 50.1 Å². The normalized spacial score (nSPS) is 11.8. The second-order valence-corrected chi connectivity index (χ2v) is 5.00. The van der Waals surface area contributed by atoms with Gasteiger partial charge in [-0.15, -0.1) is 0 Å². The minimum atomic E-state index is -0.717. The van der Waals surface area contributed by atoms with Crippen molar-refractivity contribution in [2.24, 2.45) is 0 Å². The number of carbonyl (C=O) groups is 1. The van der Waals surface area contributed by atoms with E-state index in [0.29, 0.717) is 5.75 Å². The van der Waals surface area contributed by atoms with Crippen LogP contribution in [0.15, 0.2) is 42.5 Å². The van der Waals surface area contributed by atoms with Crippen LogP contribution in [-0.4, -0.2) is 12.0 Å². The molecule has 110 valence electrons. The van der Waals surface area contributed by atoms with Gasteiger partial charge >= 0.3 is 0 Å². The van der Waals surface area contributed by atoms with Gasteiger partial charge in [0.1, 0.15) is 11.6 Å². The molecule has 4 heteroatoms. The van der Waals surface area contributed by atoms with Crippen LogP contribution in [0.25, 0.3) is 0 Å². The van der Waals surface area contributed by atoms with E-state index in [1.54, 1.807) is 19.1 Å². The summed E-state index contributed by atoms with van der Waals surface area (Å²) in [6.07, 6.45) is -0.717. The Hall–Kier alpha value is -2.36. The number of aryl methyl sites for hydroxylation is 2. The topological polar surface area (TPSA) is 38.3 Å². The first-order valence-electron chi connectivity index (χ1n) is 6.76. The molecule has 0 aromatic heterocycles. The second kappa shape index (κ2) is 6.39. The molecule has 0 aliphatic carbocycles. The van der Waals surface area contributed by atoms with Crippen LogP contribution in [0.4, 0.5) is 10.1 Å². The van der Waals surface area contributed by atoms with Crippen LogP contribution < -0.4 is 10.1 Å². The highest BCUT2D eigenvalue weighted by atomic mass is 19.1. The third kappa shape index (κ3) is 3.81. The summed E-state index contributed by atoms with van der Waals surface area (Å²) in [5.74, 6) is -0.197. The lowest BCUT2D eigenvalue weighted by molar-refractivity contribution is -0.122. The van der Waals surface area contributed by atoms with E-state index in [9.17, 15) is 9.18 Å². The maximum atomic E-state index is 13.5. The van der Waals surface area contributed by atoms with E-state index >= 15 is 0 Å². The fraction of sp³-hybridized carbons (Fsp3) is 0.235. The van der Waals surface area contributed by atoms with E-state index in [4.69, 9.17) is 4.74 Å². The average Bonchev–Trinajstić information content (AvgIpc) is 2.45. The lowest BCUT2D eigenvalue weighted by Crippen LogP contribution is -2.30. The lowest BCUT2D eigenvalue weighted by Gasteiger charge is -2.17.